The molecule has 0 bridgehead atoms. The molecule has 2 unspecified atom stereocenters. The number of hydrogen-bond donors (Lipinski definition) is 0. The molecule has 260 valence electrons. The second kappa shape index (κ2) is 12.3. The van der Waals surface area contributed by atoms with Crippen LogP contribution in [0.2, 0.25) is 0 Å². The van der Waals surface area contributed by atoms with Crippen molar-refractivity contribution in [2.24, 2.45) is 5.92 Å². The summed E-state index contributed by atoms with van der Waals surface area (Å²) in [5.74, 6) is 0.255. The number of hydrogen-bond acceptors (Lipinski definition) is 0. The Morgan fingerprint density at radius 1 is 0.519 bits per heavy atom. The van der Waals surface area contributed by atoms with Crippen molar-refractivity contribution in [3.05, 3.63) is 222 Å². The van der Waals surface area contributed by atoms with Crippen LogP contribution in [0, 0.1) is 5.92 Å². The maximum Gasteiger partial charge on any atom is 0.0284 e. The van der Waals surface area contributed by atoms with Gasteiger partial charge in [0.05, 0.1) is 0 Å². The number of benzene rings is 6. The highest BCUT2D eigenvalue weighted by atomic mass is 14.4. The second-order valence-corrected chi connectivity index (χ2v) is 16.1. The van der Waals surface area contributed by atoms with Gasteiger partial charge in [-0.05, 0) is 125 Å². The summed E-state index contributed by atoms with van der Waals surface area (Å²) in [7, 11) is 0. The van der Waals surface area contributed by atoms with E-state index < -0.39 is 5.41 Å². The van der Waals surface area contributed by atoms with Crippen LogP contribution in [0.15, 0.2) is 188 Å². The Balaban J connectivity index is 1.27. The topological polar surface area (TPSA) is 0 Å². The van der Waals surface area contributed by atoms with Crippen LogP contribution in [0.4, 0.5) is 0 Å². The molecule has 0 saturated heterocycles. The molecule has 0 fully saturated rings. The van der Waals surface area contributed by atoms with Gasteiger partial charge in [-0.2, -0.15) is 0 Å². The van der Waals surface area contributed by atoms with E-state index in [2.05, 4.69) is 178 Å². The molecule has 0 heteroatoms. The van der Waals surface area contributed by atoms with Gasteiger partial charge in [-0.15, -0.1) is 0 Å². The first-order valence-electron chi connectivity index (χ1n) is 19.4. The molecule has 0 nitrogen and oxygen atoms in total. The van der Waals surface area contributed by atoms with Gasteiger partial charge in [0.1, 0.15) is 0 Å². The Morgan fingerprint density at radius 2 is 1.13 bits per heavy atom. The zero-order chi connectivity index (χ0) is 36.6. The van der Waals surface area contributed by atoms with Crippen molar-refractivity contribution in [1.29, 1.82) is 0 Å². The zero-order valence-electron chi connectivity index (χ0n) is 31.2. The van der Waals surface area contributed by atoms with Crippen LogP contribution in [0.5, 0.6) is 0 Å². The third kappa shape index (κ3) is 4.76. The van der Waals surface area contributed by atoms with Crippen LogP contribution >= 0.6 is 0 Å². The summed E-state index contributed by atoms with van der Waals surface area (Å²) in [6.45, 7) is 14.3. The Labute approximate surface area is 319 Å². The van der Waals surface area contributed by atoms with Gasteiger partial charge in [-0.25, -0.2) is 0 Å². The minimum Gasteiger partial charge on any atom is -0.0911 e. The molecule has 6 aromatic rings. The summed E-state index contributed by atoms with van der Waals surface area (Å²) in [6.07, 6.45) is 23.7. The standard InChI is InChI=1S/C54H44/c1-35-17-6-5-15-31-54(51-34-47-43-22-10-8-20-41(43)40-19-7-9-21-42(40)46(47)33-45(35)51)32-30-37(29-28-36(2)38-18-11-14-26-49(38)54)39-24-16-27-50-52(39)44-23-12-13-25-48(44)53(50,3)4/h5-23,25-30,33-34,39H,1-2,24,31-32H2,3-4H3/b15-5-,17-6-,29-28-,37-30+. The molecule has 10 rings (SSSR count). The van der Waals surface area contributed by atoms with Crippen molar-refractivity contribution < 1.29 is 0 Å². The molecule has 0 aromatic heterocycles. The summed E-state index contributed by atoms with van der Waals surface area (Å²) in [6, 6.07) is 40.9. The van der Waals surface area contributed by atoms with E-state index in [0.29, 0.717) is 0 Å². The van der Waals surface area contributed by atoms with E-state index in [1.807, 2.05) is 0 Å². The predicted octanol–water partition coefficient (Wildman–Crippen LogP) is 14.2. The molecule has 54 heavy (non-hydrogen) atoms. The van der Waals surface area contributed by atoms with Crippen molar-refractivity contribution >= 4 is 49.0 Å². The summed E-state index contributed by atoms with van der Waals surface area (Å²) in [5.41, 5.74) is 13.9. The molecular weight excluding hydrogens is 649 g/mol. The fourth-order valence-corrected chi connectivity index (χ4v) is 10.3. The van der Waals surface area contributed by atoms with Crippen LogP contribution in [-0.2, 0) is 10.8 Å². The van der Waals surface area contributed by atoms with E-state index in [1.54, 1.807) is 0 Å². The van der Waals surface area contributed by atoms with Gasteiger partial charge in [0.2, 0.25) is 0 Å². The molecule has 1 spiro atoms. The highest BCUT2D eigenvalue weighted by Crippen LogP contribution is 2.55. The fraction of sp³-hybridized carbons (Fsp3) is 0.148. The maximum atomic E-state index is 4.75. The molecule has 4 aliphatic rings. The molecule has 0 amide bonds. The van der Waals surface area contributed by atoms with Gasteiger partial charge in [-0.1, -0.05) is 179 Å². The number of allylic oxidation sites excluding steroid dienone is 14. The third-order valence-corrected chi connectivity index (χ3v) is 13.0. The normalized spacial score (nSPS) is 24.3. The van der Waals surface area contributed by atoms with Gasteiger partial charge in [0.15, 0.2) is 0 Å². The maximum absolute atomic E-state index is 4.75. The van der Waals surface area contributed by atoms with Gasteiger partial charge < -0.3 is 0 Å². The average molecular weight is 693 g/mol. The van der Waals surface area contributed by atoms with Crippen molar-refractivity contribution in [2.75, 3.05) is 0 Å². The van der Waals surface area contributed by atoms with E-state index in [9.17, 15) is 0 Å². The Hall–Kier alpha value is -5.98. The first kappa shape index (κ1) is 32.7. The second-order valence-electron chi connectivity index (χ2n) is 16.1. The first-order chi connectivity index (χ1) is 26.4. The molecule has 0 aliphatic heterocycles. The molecule has 0 N–H and O–H groups in total. The molecule has 0 saturated carbocycles. The smallest absolute Gasteiger partial charge is 0.0284 e. The monoisotopic (exact) mass is 692 g/mol. The quantitative estimate of drug-likeness (QED) is 0.151. The third-order valence-electron chi connectivity index (χ3n) is 13.0. The lowest BCUT2D eigenvalue weighted by molar-refractivity contribution is 0.524. The molecule has 4 aliphatic carbocycles. The van der Waals surface area contributed by atoms with Crippen LogP contribution in [0.1, 0.15) is 66.5 Å². The van der Waals surface area contributed by atoms with Crippen LogP contribution in [0.25, 0.3) is 49.0 Å². The molecule has 6 aromatic carbocycles. The van der Waals surface area contributed by atoms with Gasteiger partial charge in [0.25, 0.3) is 0 Å². The largest absolute Gasteiger partial charge is 0.0911 e. The van der Waals surface area contributed by atoms with Gasteiger partial charge in [0, 0.05) is 16.7 Å². The Morgan fingerprint density at radius 3 is 1.87 bits per heavy atom. The van der Waals surface area contributed by atoms with Crippen molar-refractivity contribution in [1.82, 2.24) is 0 Å². The van der Waals surface area contributed by atoms with E-state index in [0.717, 1.165) is 30.4 Å². The molecule has 0 radical (unpaired) electrons. The van der Waals surface area contributed by atoms with Crippen molar-refractivity contribution in [3.8, 4) is 0 Å². The van der Waals surface area contributed by atoms with Crippen LogP contribution < -0.4 is 0 Å². The number of rotatable bonds is 1. The Kier molecular flexibility index (Phi) is 7.43. The lowest BCUT2D eigenvalue weighted by Crippen LogP contribution is -2.29. The average Bonchev–Trinajstić information content (AvgIpc) is 3.50. The Bertz CT molecular complexity index is 2800. The zero-order valence-corrected chi connectivity index (χ0v) is 31.2. The summed E-state index contributed by atoms with van der Waals surface area (Å²) in [4.78, 5) is 0. The van der Waals surface area contributed by atoms with E-state index in [-0.39, 0.29) is 11.3 Å². The minimum atomic E-state index is -0.396. The van der Waals surface area contributed by atoms with Crippen LogP contribution in [-0.4, -0.2) is 0 Å². The van der Waals surface area contributed by atoms with Crippen LogP contribution in [0.3, 0.4) is 0 Å². The van der Waals surface area contributed by atoms with Crippen molar-refractivity contribution in [2.45, 2.75) is 43.9 Å². The first-order valence-corrected chi connectivity index (χ1v) is 19.4. The minimum absolute atomic E-state index is 0.0339. The van der Waals surface area contributed by atoms with Gasteiger partial charge in [-0.3, -0.25) is 0 Å². The van der Waals surface area contributed by atoms with E-state index >= 15 is 0 Å². The molecule has 0 heterocycles. The lowest BCUT2D eigenvalue weighted by atomic mass is 9.65. The predicted molar refractivity (Wildman–Crippen MR) is 233 cm³/mol. The van der Waals surface area contributed by atoms with Gasteiger partial charge >= 0.3 is 0 Å². The molecule has 2 atom stereocenters. The lowest BCUT2D eigenvalue weighted by Gasteiger charge is -2.38. The highest BCUT2D eigenvalue weighted by molar-refractivity contribution is 6.25. The highest BCUT2D eigenvalue weighted by Gasteiger charge is 2.42. The summed E-state index contributed by atoms with van der Waals surface area (Å²) >= 11 is 0. The SMILES string of the molecule is C=C1/C=C\C(C2CC=CC3=C2c2ccccc2C3(C)C)=C/CC2(C/C=C\C=C/C(=C)c3cc4c5ccccc5c5ccccc5c4cc32)c2ccccc21. The van der Waals surface area contributed by atoms with E-state index in [1.165, 1.54) is 82.4 Å². The van der Waals surface area contributed by atoms with Crippen molar-refractivity contribution in [3.63, 3.8) is 0 Å². The molecular formula is C54H44. The summed E-state index contributed by atoms with van der Waals surface area (Å²) < 4.78 is 0. The summed E-state index contributed by atoms with van der Waals surface area (Å²) in [5, 5.41) is 7.71. The fourth-order valence-electron chi connectivity index (χ4n) is 10.3. The van der Waals surface area contributed by atoms with E-state index in [4.69, 9.17) is 13.2 Å². The number of fused-ring (bicyclic) bond motifs is 12.